The average molecular weight is 489 g/mol. The van der Waals surface area contributed by atoms with Crippen LogP contribution in [-0.2, 0) is 20.0 Å². The second-order valence-corrected chi connectivity index (χ2v) is 10.3. The van der Waals surface area contributed by atoms with Crippen LogP contribution >= 0.6 is 11.6 Å². The Morgan fingerprint density at radius 1 is 1.11 bits per heavy atom. The summed E-state index contributed by atoms with van der Waals surface area (Å²) in [6.07, 6.45) is 4.67. The first kappa shape index (κ1) is 22.2. The number of hydrogen-bond acceptors (Lipinski definition) is 5. The maximum absolute atomic E-state index is 6.78. The number of fused-ring (bicyclic) bond motifs is 7. The van der Waals surface area contributed by atoms with E-state index in [0.29, 0.717) is 29.1 Å². The molecule has 4 heterocycles. The van der Waals surface area contributed by atoms with Crippen molar-refractivity contribution >= 4 is 17.4 Å². The van der Waals surface area contributed by atoms with Gasteiger partial charge in [-0.25, -0.2) is 4.98 Å². The Balaban J connectivity index is 1.65. The van der Waals surface area contributed by atoms with E-state index < -0.39 is 0 Å². The number of nitrogens with zero attached hydrogens (tertiary/aromatic N) is 5. The molecular formula is C27H29ClN6O. The minimum absolute atomic E-state index is 0.261. The minimum Gasteiger partial charge on any atom is -0.482 e. The van der Waals surface area contributed by atoms with Gasteiger partial charge in [0.2, 0.25) is 0 Å². The van der Waals surface area contributed by atoms with Crippen LogP contribution < -0.4 is 10.5 Å². The number of hydrogen-bond donors (Lipinski definition) is 1. The number of aromatic nitrogens is 5. The molecule has 1 unspecified atom stereocenters. The van der Waals surface area contributed by atoms with Crippen molar-refractivity contribution in [1.82, 2.24) is 24.5 Å². The predicted molar refractivity (Wildman–Crippen MR) is 138 cm³/mol. The summed E-state index contributed by atoms with van der Waals surface area (Å²) in [5.74, 6) is 1.63. The van der Waals surface area contributed by atoms with E-state index in [1.807, 2.05) is 30.9 Å². The molecule has 0 saturated heterocycles. The van der Waals surface area contributed by atoms with Gasteiger partial charge in [-0.3, -0.25) is 9.36 Å². The fourth-order valence-electron chi connectivity index (χ4n) is 5.20. The van der Waals surface area contributed by atoms with Crippen molar-refractivity contribution in [3.63, 3.8) is 0 Å². The molecule has 0 spiro atoms. The molecule has 0 amide bonds. The number of nitrogens with two attached hydrogens (primary N) is 1. The van der Waals surface area contributed by atoms with Gasteiger partial charge in [0.15, 0.2) is 16.7 Å². The monoisotopic (exact) mass is 488 g/mol. The molecule has 1 atom stereocenters. The molecule has 7 nitrogen and oxygen atoms in total. The maximum Gasteiger partial charge on any atom is 0.166 e. The van der Waals surface area contributed by atoms with Crippen LogP contribution in [0.25, 0.3) is 22.5 Å². The molecule has 2 aliphatic rings. The van der Waals surface area contributed by atoms with Gasteiger partial charge < -0.3 is 10.5 Å². The first-order valence-corrected chi connectivity index (χ1v) is 12.5. The molecule has 3 aromatic heterocycles. The largest absolute Gasteiger partial charge is 0.482 e. The molecule has 1 aliphatic carbocycles. The molecule has 1 aromatic carbocycles. The van der Waals surface area contributed by atoms with Crippen LogP contribution in [0.15, 0.2) is 30.5 Å². The Hall–Kier alpha value is -3.32. The third-order valence-corrected chi connectivity index (χ3v) is 7.49. The standard InChI is InChI=1S/C27H29ClN6O/c1-14-5-8-19-21(9-14)16(3)35-23-10-18(12-30-27(23)29)24-20(11-22-25(19)33(4)32-26(22)28)15(2)31-34(24)13-17-6-7-17/h5,8-10,12,16-17H,6-7,11,13H2,1-4H3,(H2,29,30). The Bertz CT molecular complexity index is 1470. The summed E-state index contributed by atoms with van der Waals surface area (Å²) in [4.78, 5) is 4.52. The third kappa shape index (κ3) is 3.78. The van der Waals surface area contributed by atoms with Gasteiger partial charge in [0.05, 0.1) is 17.1 Å². The summed E-state index contributed by atoms with van der Waals surface area (Å²) >= 11 is 6.78. The van der Waals surface area contributed by atoms with Gasteiger partial charge in [0, 0.05) is 54.0 Å². The van der Waals surface area contributed by atoms with Crippen LogP contribution in [0, 0.1) is 19.8 Å². The molecule has 1 saturated carbocycles. The highest BCUT2D eigenvalue weighted by Crippen LogP contribution is 2.42. The number of anilines is 1. The van der Waals surface area contributed by atoms with E-state index in [9.17, 15) is 0 Å². The molecule has 4 aromatic rings. The van der Waals surface area contributed by atoms with Gasteiger partial charge in [0.1, 0.15) is 6.10 Å². The second kappa shape index (κ2) is 8.12. The zero-order valence-electron chi connectivity index (χ0n) is 20.5. The zero-order chi connectivity index (χ0) is 24.4. The summed E-state index contributed by atoms with van der Waals surface area (Å²) < 4.78 is 10.5. The number of benzene rings is 1. The molecule has 180 valence electrons. The molecule has 1 aliphatic heterocycles. The Kier molecular flexibility index (Phi) is 5.14. The lowest BCUT2D eigenvalue weighted by molar-refractivity contribution is 0.228. The van der Waals surface area contributed by atoms with E-state index in [4.69, 9.17) is 27.2 Å². The lowest BCUT2D eigenvalue weighted by Crippen LogP contribution is -2.11. The summed E-state index contributed by atoms with van der Waals surface area (Å²) in [5.41, 5.74) is 15.7. The molecule has 2 bridgehead atoms. The lowest BCUT2D eigenvalue weighted by Gasteiger charge is -2.22. The number of pyridine rings is 1. The Labute approximate surface area is 209 Å². The van der Waals surface area contributed by atoms with Crippen LogP contribution in [0.2, 0.25) is 5.15 Å². The third-order valence-electron chi connectivity index (χ3n) is 7.19. The SMILES string of the molecule is Cc1ccc2c(c1)C(C)Oc1cc(cnc1N)-c1c(c(C)nn1CC1CC1)Cc1c(Cl)nn(C)c1-2. The van der Waals surface area contributed by atoms with E-state index in [0.717, 1.165) is 57.0 Å². The van der Waals surface area contributed by atoms with Gasteiger partial charge in [-0.1, -0.05) is 35.4 Å². The topological polar surface area (TPSA) is 83.8 Å². The molecule has 35 heavy (non-hydrogen) atoms. The number of halogens is 1. The highest BCUT2D eigenvalue weighted by atomic mass is 35.5. The van der Waals surface area contributed by atoms with Gasteiger partial charge in [-0.2, -0.15) is 10.2 Å². The number of aryl methyl sites for hydroxylation is 3. The summed E-state index contributed by atoms with van der Waals surface area (Å²) in [6.45, 7) is 7.09. The van der Waals surface area contributed by atoms with E-state index in [1.54, 1.807) is 0 Å². The van der Waals surface area contributed by atoms with Gasteiger partial charge in [-0.05, 0) is 45.6 Å². The second-order valence-electron chi connectivity index (χ2n) is 9.91. The number of nitrogen functional groups attached to an aromatic ring is 1. The first-order valence-electron chi connectivity index (χ1n) is 12.1. The number of ether oxygens (including phenoxy) is 1. The van der Waals surface area contributed by atoms with E-state index in [1.165, 1.54) is 12.8 Å². The van der Waals surface area contributed by atoms with Crippen LogP contribution in [0.4, 0.5) is 5.82 Å². The van der Waals surface area contributed by atoms with Gasteiger partial charge >= 0.3 is 0 Å². The van der Waals surface area contributed by atoms with Crippen molar-refractivity contribution in [3.05, 3.63) is 63.6 Å². The molecule has 8 heteroatoms. The summed E-state index contributed by atoms with van der Waals surface area (Å²) in [5, 5.41) is 10.1. The quantitative estimate of drug-likeness (QED) is 0.394. The fourth-order valence-corrected chi connectivity index (χ4v) is 5.47. The molecule has 0 radical (unpaired) electrons. The van der Waals surface area contributed by atoms with Crippen LogP contribution in [0.3, 0.4) is 0 Å². The smallest absolute Gasteiger partial charge is 0.166 e. The van der Waals surface area contributed by atoms with Crippen molar-refractivity contribution in [3.8, 4) is 28.3 Å². The van der Waals surface area contributed by atoms with Crippen LogP contribution in [-0.4, -0.2) is 24.5 Å². The number of rotatable bonds is 2. The van der Waals surface area contributed by atoms with Crippen molar-refractivity contribution in [2.45, 2.75) is 52.7 Å². The molecule has 6 rings (SSSR count). The normalized spacial score (nSPS) is 17.0. The van der Waals surface area contributed by atoms with E-state index in [-0.39, 0.29) is 6.10 Å². The molecule has 1 fully saturated rings. The Morgan fingerprint density at radius 2 is 1.91 bits per heavy atom. The lowest BCUT2D eigenvalue weighted by atomic mass is 9.92. The van der Waals surface area contributed by atoms with Crippen LogP contribution in [0.5, 0.6) is 5.75 Å². The average Bonchev–Trinajstić information content (AvgIpc) is 3.51. The molecule has 2 N–H and O–H groups in total. The maximum atomic E-state index is 6.78. The van der Waals surface area contributed by atoms with Crippen molar-refractivity contribution < 1.29 is 4.74 Å². The van der Waals surface area contributed by atoms with Crippen molar-refractivity contribution in [2.24, 2.45) is 13.0 Å². The zero-order valence-corrected chi connectivity index (χ0v) is 21.2. The van der Waals surface area contributed by atoms with Crippen LogP contribution in [0.1, 0.15) is 53.8 Å². The minimum atomic E-state index is -0.261. The molecular weight excluding hydrogens is 460 g/mol. The van der Waals surface area contributed by atoms with E-state index >= 15 is 0 Å². The van der Waals surface area contributed by atoms with Crippen molar-refractivity contribution in [2.75, 3.05) is 5.73 Å². The highest BCUT2D eigenvalue weighted by Gasteiger charge is 2.29. The summed E-state index contributed by atoms with van der Waals surface area (Å²) in [7, 11) is 1.94. The van der Waals surface area contributed by atoms with Crippen molar-refractivity contribution in [1.29, 1.82) is 0 Å². The fraction of sp³-hybridized carbons (Fsp3) is 0.370. The van der Waals surface area contributed by atoms with Gasteiger partial charge in [0.25, 0.3) is 0 Å². The summed E-state index contributed by atoms with van der Waals surface area (Å²) in [6, 6.07) is 8.41. The van der Waals surface area contributed by atoms with E-state index in [2.05, 4.69) is 46.8 Å². The predicted octanol–water partition coefficient (Wildman–Crippen LogP) is 5.65. The Morgan fingerprint density at radius 3 is 2.69 bits per heavy atom. The first-order chi connectivity index (χ1) is 16.8. The highest BCUT2D eigenvalue weighted by molar-refractivity contribution is 6.30. The van der Waals surface area contributed by atoms with Gasteiger partial charge in [-0.15, -0.1) is 0 Å².